The molecule has 6 nitrogen and oxygen atoms in total. The fourth-order valence-electron chi connectivity index (χ4n) is 4.12. The Bertz CT molecular complexity index is 1020. The molecule has 0 N–H and O–H groups in total. The van der Waals surface area contributed by atoms with Gasteiger partial charge in [0.15, 0.2) is 0 Å². The predicted molar refractivity (Wildman–Crippen MR) is 128 cm³/mol. The average molecular weight is 499 g/mol. The van der Waals surface area contributed by atoms with E-state index >= 15 is 0 Å². The quantitative estimate of drug-likeness (QED) is 0.364. The zero-order valence-electron chi connectivity index (χ0n) is 18.2. The van der Waals surface area contributed by atoms with E-state index in [9.17, 15) is 13.2 Å². The highest BCUT2D eigenvalue weighted by Gasteiger charge is 2.30. The Morgan fingerprint density at radius 3 is 2.50 bits per heavy atom. The van der Waals surface area contributed by atoms with Crippen LogP contribution in [0.3, 0.4) is 0 Å². The normalized spacial score (nSPS) is 19.2. The lowest BCUT2D eigenvalue weighted by atomic mass is 9.98. The molecule has 1 aliphatic heterocycles. The SMILES string of the molecule is CN(CC(C=O)c1ccc(Cl)c(Cl)c1)[C@H](CN1CC[C@@H](OS(C)(=O)=O)C1)c1ccccc1. The lowest BCUT2D eigenvalue weighted by Gasteiger charge is -2.33. The average Bonchev–Trinajstić information content (AvgIpc) is 3.18. The first kappa shape index (κ1) is 25.1. The van der Waals surface area contributed by atoms with Gasteiger partial charge < -0.3 is 4.79 Å². The highest BCUT2D eigenvalue weighted by atomic mass is 35.5. The minimum atomic E-state index is -3.48. The van der Waals surface area contributed by atoms with Gasteiger partial charge in [-0.3, -0.25) is 14.0 Å². The molecule has 174 valence electrons. The van der Waals surface area contributed by atoms with Crippen molar-refractivity contribution in [2.75, 3.05) is 39.5 Å². The molecule has 0 radical (unpaired) electrons. The molecule has 1 fully saturated rings. The van der Waals surface area contributed by atoms with Crippen LogP contribution in [0.2, 0.25) is 10.0 Å². The van der Waals surface area contributed by atoms with Crippen molar-refractivity contribution in [1.29, 1.82) is 0 Å². The molecule has 2 aromatic rings. The van der Waals surface area contributed by atoms with Crippen LogP contribution in [0.15, 0.2) is 48.5 Å². The van der Waals surface area contributed by atoms with E-state index in [-0.39, 0.29) is 18.1 Å². The van der Waals surface area contributed by atoms with E-state index in [0.29, 0.717) is 36.1 Å². The molecule has 3 atom stereocenters. The predicted octanol–water partition coefficient (Wildman–Crippen LogP) is 4.00. The number of halogens is 2. The van der Waals surface area contributed by atoms with Gasteiger partial charge in [-0.2, -0.15) is 8.42 Å². The van der Waals surface area contributed by atoms with Crippen molar-refractivity contribution in [3.05, 3.63) is 69.7 Å². The molecule has 0 bridgehead atoms. The molecule has 0 amide bonds. The number of hydrogen-bond donors (Lipinski definition) is 0. The van der Waals surface area contributed by atoms with E-state index in [4.69, 9.17) is 27.4 Å². The molecule has 0 aromatic heterocycles. The number of nitrogens with zero attached hydrogens (tertiary/aromatic N) is 2. The summed E-state index contributed by atoms with van der Waals surface area (Å²) in [6.07, 6.45) is 2.35. The van der Waals surface area contributed by atoms with Crippen LogP contribution in [-0.2, 0) is 19.1 Å². The first-order valence-corrected chi connectivity index (χ1v) is 13.0. The maximum atomic E-state index is 11.9. The van der Waals surface area contributed by atoms with Crippen LogP contribution < -0.4 is 0 Å². The zero-order valence-corrected chi connectivity index (χ0v) is 20.5. The largest absolute Gasteiger partial charge is 0.303 e. The summed E-state index contributed by atoms with van der Waals surface area (Å²) in [7, 11) is -1.49. The standard InChI is InChI=1S/C23H28Cl2N2O4S/c1-26(13-19(16-28)18-8-9-21(24)22(25)12-18)23(17-6-4-3-5-7-17)15-27-11-10-20(14-27)31-32(2,29)30/h3-9,12,16,19-20,23H,10-11,13-15H2,1-2H3/t19?,20-,23-/m1/s1. The molecule has 0 aliphatic carbocycles. The van der Waals surface area contributed by atoms with Crippen molar-refractivity contribution in [2.45, 2.75) is 24.5 Å². The van der Waals surface area contributed by atoms with Crippen LogP contribution in [0.4, 0.5) is 0 Å². The summed E-state index contributed by atoms with van der Waals surface area (Å²) < 4.78 is 28.1. The van der Waals surface area contributed by atoms with Crippen LogP contribution in [0.5, 0.6) is 0 Å². The Morgan fingerprint density at radius 1 is 1.16 bits per heavy atom. The van der Waals surface area contributed by atoms with Gasteiger partial charge in [-0.1, -0.05) is 59.6 Å². The highest BCUT2D eigenvalue weighted by Crippen LogP contribution is 2.29. The van der Waals surface area contributed by atoms with Gasteiger partial charge in [0.05, 0.1) is 28.3 Å². The number of carbonyl (C=O) groups is 1. The Kier molecular flexibility index (Phi) is 8.72. The van der Waals surface area contributed by atoms with Gasteiger partial charge in [0.1, 0.15) is 6.29 Å². The molecule has 1 saturated heterocycles. The van der Waals surface area contributed by atoms with Crippen LogP contribution in [0, 0.1) is 0 Å². The Hall–Kier alpha value is -1.48. The molecule has 9 heteroatoms. The van der Waals surface area contributed by atoms with Crippen molar-refractivity contribution in [3.8, 4) is 0 Å². The number of aldehydes is 1. The van der Waals surface area contributed by atoms with E-state index in [1.807, 2.05) is 31.3 Å². The van der Waals surface area contributed by atoms with Gasteiger partial charge in [0, 0.05) is 32.2 Å². The van der Waals surface area contributed by atoms with E-state index < -0.39 is 10.1 Å². The molecule has 1 heterocycles. The second-order valence-corrected chi connectivity index (χ2v) is 10.7. The summed E-state index contributed by atoms with van der Waals surface area (Å²) in [5.41, 5.74) is 1.94. The van der Waals surface area contributed by atoms with Gasteiger partial charge in [-0.05, 0) is 36.7 Å². The van der Waals surface area contributed by atoms with E-state index in [1.165, 1.54) is 0 Å². The number of likely N-dealkylation sites (tertiary alicyclic amines) is 1. The molecular weight excluding hydrogens is 471 g/mol. The molecule has 0 saturated carbocycles. The van der Waals surface area contributed by atoms with Crippen LogP contribution in [-0.4, -0.2) is 70.1 Å². The van der Waals surface area contributed by atoms with Crippen LogP contribution in [0.25, 0.3) is 0 Å². The summed E-state index contributed by atoms with van der Waals surface area (Å²) >= 11 is 12.2. The number of carbonyl (C=O) groups excluding carboxylic acids is 1. The van der Waals surface area contributed by atoms with Crippen molar-refractivity contribution in [3.63, 3.8) is 0 Å². The third-order valence-electron chi connectivity index (χ3n) is 5.71. The Morgan fingerprint density at radius 2 is 1.88 bits per heavy atom. The number of benzene rings is 2. The summed E-state index contributed by atoms with van der Waals surface area (Å²) in [4.78, 5) is 16.3. The minimum absolute atomic E-state index is 0.0124. The number of hydrogen-bond acceptors (Lipinski definition) is 6. The van der Waals surface area contributed by atoms with Gasteiger partial charge >= 0.3 is 0 Å². The van der Waals surface area contributed by atoms with Gasteiger partial charge in [0.2, 0.25) is 0 Å². The summed E-state index contributed by atoms with van der Waals surface area (Å²) in [6, 6.07) is 15.4. The summed E-state index contributed by atoms with van der Waals surface area (Å²) in [5, 5.41) is 0.878. The molecule has 1 aliphatic rings. The van der Waals surface area contributed by atoms with Gasteiger partial charge in [-0.25, -0.2) is 0 Å². The van der Waals surface area contributed by atoms with Gasteiger partial charge in [-0.15, -0.1) is 0 Å². The number of likely N-dealkylation sites (N-methyl/N-ethyl adjacent to an activating group) is 1. The molecular formula is C23H28Cl2N2O4S. The molecule has 3 rings (SSSR count). The van der Waals surface area contributed by atoms with Gasteiger partial charge in [0.25, 0.3) is 10.1 Å². The minimum Gasteiger partial charge on any atom is -0.303 e. The maximum absolute atomic E-state index is 11.9. The fourth-order valence-corrected chi connectivity index (χ4v) is 5.07. The van der Waals surface area contributed by atoms with Crippen molar-refractivity contribution >= 4 is 39.6 Å². The summed E-state index contributed by atoms with van der Waals surface area (Å²) in [6.45, 7) is 2.49. The highest BCUT2D eigenvalue weighted by molar-refractivity contribution is 7.86. The van der Waals surface area contributed by atoms with E-state index in [1.54, 1.807) is 12.1 Å². The lowest BCUT2D eigenvalue weighted by Crippen LogP contribution is -2.38. The van der Waals surface area contributed by atoms with Crippen molar-refractivity contribution < 1.29 is 17.4 Å². The third kappa shape index (κ3) is 7.01. The topological polar surface area (TPSA) is 66.9 Å². The first-order valence-electron chi connectivity index (χ1n) is 10.4. The maximum Gasteiger partial charge on any atom is 0.264 e. The number of rotatable bonds is 10. The fraction of sp³-hybridized carbons (Fsp3) is 0.435. The Labute approximate surface area is 200 Å². The Balaban J connectivity index is 1.75. The van der Waals surface area contributed by atoms with Crippen molar-refractivity contribution in [1.82, 2.24) is 9.80 Å². The second-order valence-electron chi connectivity index (χ2n) is 8.25. The molecule has 0 spiro atoms. The molecule has 2 aromatic carbocycles. The second kappa shape index (κ2) is 11.1. The van der Waals surface area contributed by atoms with Crippen LogP contribution in [0.1, 0.15) is 29.5 Å². The third-order valence-corrected chi connectivity index (χ3v) is 7.07. The van der Waals surface area contributed by atoms with Crippen LogP contribution >= 0.6 is 23.2 Å². The summed E-state index contributed by atoms with van der Waals surface area (Å²) in [5.74, 6) is -0.360. The molecule has 32 heavy (non-hydrogen) atoms. The van der Waals surface area contributed by atoms with E-state index in [0.717, 1.165) is 30.2 Å². The molecule has 1 unspecified atom stereocenters. The first-order chi connectivity index (χ1) is 15.2. The smallest absolute Gasteiger partial charge is 0.264 e. The zero-order chi connectivity index (χ0) is 23.3. The lowest BCUT2D eigenvalue weighted by molar-refractivity contribution is -0.109. The van der Waals surface area contributed by atoms with Crippen molar-refractivity contribution in [2.24, 2.45) is 0 Å². The monoisotopic (exact) mass is 498 g/mol. The van der Waals surface area contributed by atoms with E-state index in [2.05, 4.69) is 21.9 Å².